The van der Waals surface area contributed by atoms with Crippen LogP contribution in [0.1, 0.15) is 32.3 Å². The largest absolute Gasteiger partial charge is 0.341 e. The monoisotopic (exact) mass is 317 g/mol. The standard InChI is InChI=1S/C19H31N3O/c1-15(2)18(20)19(23)22-11-7-10-17(14-22)13-21(3)12-16-8-5-4-6-9-16/h4-6,8-9,15,17-18H,7,10-14,20H2,1-3H3/t17?,18-/m0/s1. The van der Waals surface area contributed by atoms with Gasteiger partial charge in [0.25, 0.3) is 0 Å². The third-order valence-corrected chi connectivity index (χ3v) is 4.70. The lowest BCUT2D eigenvalue weighted by Gasteiger charge is -2.36. The van der Waals surface area contributed by atoms with Gasteiger partial charge in [-0.3, -0.25) is 4.79 Å². The molecule has 2 N–H and O–H groups in total. The van der Waals surface area contributed by atoms with Gasteiger partial charge in [-0.25, -0.2) is 0 Å². The predicted octanol–water partition coefficient (Wildman–Crippen LogP) is 2.34. The Kier molecular flexibility index (Phi) is 6.60. The number of benzene rings is 1. The molecule has 2 rings (SSSR count). The summed E-state index contributed by atoms with van der Waals surface area (Å²) in [7, 11) is 2.16. The highest BCUT2D eigenvalue weighted by Gasteiger charge is 2.28. The number of hydrogen-bond donors (Lipinski definition) is 1. The van der Waals surface area contributed by atoms with Crippen molar-refractivity contribution in [3.05, 3.63) is 35.9 Å². The Hall–Kier alpha value is -1.39. The average Bonchev–Trinajstić information content (AvgIpc) is 2.54. The van der Waals surface area contributed by atoms with Crippen molar-refractivity contribution >= 4 is 5.91 Å². The van der Waals surface area contributed by atoms with E-state index in [9.17, 15) is 4.79 Å². The summed E-state index contributed by atoms with van der Waals surface area (Å²) in [5, 5.41) is 0. The molecule has 1 fully saturated rings. The number of rotatable bonds is 6. The Labute approximate surface area is 140 Å². The zero-order chi connectivity index (χ0) is 16.8. The summed E-state index contributed by atoms with van der Waals surface area (Å²) in [6.45, 7) is 7.71. The van der Waals surface area contributed by atoms with Crippen molar-refractivity contribution < 1.29 is 4.79 Å². The fourth-order valence-electron chi connectivity index (χ4n) is 3.31. The van der Waals surface area contributed by atoms with Crippen molar-refractivity contribution in [1.29, 1.82) is 0 Å². The van der Waals surface area contributed by atoms with Gasteiger partial charge in [0, 0.05) is 26.2 Å². The van der Waals surface area contributed by atoms with E-state index < -0.39 is 0 Å². The molecule has 0 aromatic heterocycles. The summed E-state index contributed by atoms with van der Waals surface area (Å²) in [6.07, 6.45) is 2.28. The number of amides is 1. The molecule has 4 heteroatoms. The fourth-order valence-corrected chi connectivity index (χ4v) is 3.31. The van der Waals surface area contributed by atoms with Gasteiger partial charge >= 0.3 is 0 Å². The van der Waals surface area contributed by atoms with Crippen LogP contribution in [0.15, 0.2) is 30.3 Å². The van der Waals surface area contributed by atoms with E-state index in [-0.39, 0.29) is 17.9 Å². The van der Waals surface area contributed by atoms with Gasteiger partial charge in [-0.15, -0.1) is 0 Å². The summed E-state index contributed by atoms with van der Waals surface area (Å²) >= 11 is 0. The molecule has 1 heterocycles. The van der Waals surface area contributed by atoms with Crippen LogP contribution < -0.4 is 5.73 Å². The van der Waals surface area contributed by atoms with Crippen LogP contribution in [0.5, 0.6) is 0 Å². The minimum atomic E-state index is -0.365. The molecule has 128 valence electrons. The summed E-state index contributed by atoms with van der Waals surface area (Å²) in [5.41, 5.74) is 7.37. The van der Waals surface area contributed by atoms with E-state index in [4.69, 9.17) is 5.73 Å². The highest BCUT2D eigenvalue weighted by atomic mass is 16.2. The highest BCUT2D eigenvalue weighted by Crippen LogP contribution is 2.19. The van der Waals surface area contributed by atoms with Crippen molar-refractivity contribution in [1.82, 2.24) is 9.80 Å². The van der Waals surface area contributed by atoms with Crippen LogP contribution in [0, 0.1) is 11.8 Å². The van der Waals surface area contributed by atoms with Crippen molar-refractivity contribution in [2.45, 2.75) is 39.3 Å². The molecule has 1 aliphatic rings. The van der Waals surface area contributed by atoms with E-state index >= 15 is 0 Å². The number of likely N-dealkylation sites (tertiary alicyclic amines) is 1. The lowest BCUT2D eigenvalue weighted by atomic mass is 9.95. The van der Waals surface area contributed by atoms with Crippen LogP contribution >= 0.6 is 0 Å². The van der Waals surface area contributed by atoms with Gasteiger partial charge in [0.2, 0.25) is 5.91 Å². The molecule has 1 aliphatic heterocycles. The fraction of sp³-hybridized carbons (Fsp3) is 0.632. The Bertz CT molecular complexity index is 489. The van der Waals surface area contributed by atoms with Gasteiger partial charge < -0.3 is 15.5 Å². The molecule has 1 unspecified atom stereocenters. The number of carbonyl (C=O) groups excluding carboxylic acids is 1. The van der Waals surface area contributed by atoms with E-state index in [1.165, 1.54) is 12.0 Å². The van der Waals surface area contributed by atoms with Gasteiger partial charge in [0.05, 0.1) is 6.04 Å². The van der Waals surface area contributed by atoms with Crippen molar-refractivity contribution in [2.75, 3.05) is 26.7 Å². The summed E-state index contributed by atoms with van der Waals surface area (Å²) < 4.78 is 0. The zero-order valence-corrected chi connectivity index (χ0v) is 14.7. The SMILES string of the molecule is CC(C)[C@H](N)C(=O)N1CCCC(CN(C)Cc2ccccc2)C1. The van der Waals surface area contributed by atoms with Gasteiger partial charge in [-0.2, -0.15) is 0 Å². The second kappa shape index (κ2) is 8.46. The number of nitrogens with zero attached hydrogens (tertiary/aromatic N) is 2. The molecule has 0 saturated carbocycles. The molecule has 0 radical (unpaired) electrons. The average molecular weight is 317 g/mol. The zero-order valence-electron chi connectivity index (χ0n) is 14.7. The first-order valence-corrected chi connectivity index (χ1v) is 8.74. The Morgan fingerprint density at radius 3 is 2.70 bits per heavy atom. The number of piperidine rings is 1. The molecule has 0 spiro atoms. The molecular weight excluding hydrogens is 286 g/mol. The maximum absolute atomic E-state index is 12.4. The quantitative estimate of drug-likeness (QED) is 0.876. The molecule has 1 amide bonds. The van der Waals surface area contributed by atoms with Crippen LogP contribution in [0.25, 0.3) is 0 Å². The minimum Gasteiger partial charge on any atom is -0.341 e. The van der Waals surface area contributed by atoms with Crippen molar-refractivity contribution in [3.8, 4) is 0 Å². The molecule has 0 aliphatic carbocycles. The van der Waals surface area contributed by atoms with E-state index in [0.717, 1.165) is 32.6 Å². The van der Waals surface area contributed by atoms with Gasteiger partial charge in [0.1, 0.15) is 0 Å². The number of nitrogens with two attached hydrogens (primary N) is 1. The second-order valence-corrected chi connectivity index (χ2v) is 7.24. The molecule has 0 bridgehead atoms. The van der Waals surface area contributed by atoms with Crippen LogP contribution in [0.4, 0.5) is 0 Å². The Morgan fingerprint density at radius 2 is 2.04 bits per heavy atom. The van der Waals surface area contributed by atoms with Crippen molar-refractivity contribution in [2.24, 2.45) is 17.6 Å². The summed E-state index contributed by atoms with van der Waals surface area (Å²) in [4.78, 5) is 16.8. The van der Waals surface area contributed by atoms with E-state index in [2.05, 4.69) is 36.2 Å². The first-order valence-electron chi connectivity index (χ1n) is 8.74. The van der Waals surface area contributed by atoms with Crippen LogP contribution in [0.2, 0.25) is 0 Å². The van der Waals surface area contributed by atoms with Gasteiger partial charge in [-0.05, 0) is 37.3 Å². The predicted molar refractivity (Wildman–Crippen MR) is 94.9 cm³/mol. The third-order valence-electron chi connectivity index (χ3n) is 4.70. The second-order valence-electron chi connectivity index (χ2n) is 7.24. The molecule has 2 atom stereocenters. The minimum absolute atomic E-state index is 0.121. The first-order chi connectivity index (χ1) is 11.0. The van der Waals surface area contributed by atoms with Gasteiger partial charge in [0.15, 0.2) is 0 Å². The lowest BCUT2D eigenvalue weighted by Crippen LogP contribution is -2.51. The maximum Gasteiger partial charge on any atom is 0.239 e. The Morgan fingerprint density at radius 1 is 1.35 bits per heavy atom. The van der Waals surface area contributed by atoms with Crippen molar-refractivity contribution in [3.63, 3.8) is 0 Å². The smallest absolute Gasteiger partial charge is 0.239 e. The lowest BCUT2D eigenvalue weighted by molar-refractivity contribution is -0.135. The Balaban J connectivity index is 1.85. The first kappa shape index (κ1) is 18.0. The summed E-state index contributed by atoms with van der Waals surface area (Å²) in [6, 6.07) is 10.2. The maximum atomic E-state index is 12.4. The molecule has 1 aromatic rings. The van der Waals surface area contributed by atoms with Crippen LogP contribution in [0.3, 0.4) is 0 Å². The van der Waals surface area contributed by atoms with E-state index in [0.29, 0.717) is 5.92 Å². The van der Waals surface area contributed by atoms with E-state index in [1.54, 1.807) is 0 Å². The summed E-state index contributed by atoms with van der Waals surface area (Å²) in [5.74, 6) is 0.861. The number of hydrogen-bond acceptors (Lipinski definition) is 3. The molecule has 1 saturated heterocycles. The normalized spacial score (nSPS) is 20.1. The number of carbonyl (C=O) groups is 1. The molecule has 1 aromatic carbocycles. The third kappa shape index (κ3) is 5.33. The van der Waals surface area contributed by atoms with Crippen LogP contribution in [-0.2, 0) is 11.3 Å². The van der Waals surface area contributed by atoms with Crippen LogP contribution in [-0.4, -0.2) is 48.4 Å². The van der Waals surface area contributed by atoms with E-state index in [1.807, 2.05) is 24.8 Å². The molecule has 4 nitrogen and oxygen atoms in total. The topological polar surface area (TPSA) is 49.6 Å². The van der Waals surface area contributed by atoms with Gasteiger partial charge in [-0.1, -0.05) is 44.2 Å². The molecular formula is C19H31N3O. The highest BCUT2D eigenvalue weighted by molar-refractivity contribution is 5.82. The molecule has 23 heavy (non-hydrogen) atoms.